The van der Waals surface area contributed by atoms with Gasteiger partial charge in [-0.2, -0.15) is 0 Å². The minimum Gasteiger partial charge on any atom is -0.385 e. The third-order valence-corrected chi connectivity index (χ3v) is 0.887. The molecule has 0 saturated carbocycles. The number of thioether (sulfide) groups is 1. The van der Waals surface area contributed by atoms with Crippen LogP contribution in [0.4, 0.5) is 0 Å². The second-order valence-electron chi connectivity index (χ2n) is 0.942. The average molecular weight is 212 g/mol. The molecule has 0 bridgehead atoms. The van der Waals surface area contributed by atoms with Gasteiger partial charge in [-0.05, 0) is 5.41 Å². The fourth-order valence-corrected chi connectivity index (χ4v) is 0.451. The summed E-state index contributed by atoms with van der Waals surface area (Å²) in [5.74, 6) is 0. The molecule has 0 fully saturated rings. The van der Waals surface area contributed by atoms with Crippen molar-refractivity contribution in [2.45, 2.75) is 0 Å². The molecule has 0 amide bonds. The van der Waals surface area contributed by atoms with E-state index >= 15 is 0 Å². The maximum Gasteiger partial charge on any atom is 0.135 e. The van der Waals surface area contributed by atoms with Gasteiger partial charge in [0.05, 0.1) is 0 Å². The molecule has 0 radical (unpaired) electrons. The predicted molar refractivity (Wildman–Crippen MR) is 60.3 cm³/mol. The van der Waals surface area contributed by atoms with Crippen LogP contribution < -0.4 is 11.5 Å². The summed E-state index contributed by atoms with van der Waals surface area (Å²) in [5.41, 5.74) is 9.73. The lowest BCUT2D eigenvalue weighted by Gasteiger charge is -1.80. The van der Waals surface area contributed by atoms with Gasteiger partial charge in [0.1, 0.15) is 8.64 Å². The van der Waals surface area contributed by atoms with Gasteiger partial charge in [0, 0.05) is 0 Å². The Hall–Kier alpha value is 0.220. The number of thiocarbonyl (C=S) groups is 2. The molecule has 0 aliphatic rings. The molecule has 0 aromatic heterocycles. The minimum absolute atomic E-state index is 0.194. The number of hydrogen-bond donors (Lipinski definition) is 3. The molecule has 2 nitrogen and oxygen atoms in total. The van der Waals surface area contributed by atoms with Crippen LogP contribution in [0.3, 0.4) is 0 Å². The zero-order valence-corrected chi connectivity index (χ0v) is 8.46. The summed E-state index contributed by atoms with van der Waals surface area (Å²) in [6, 6.07) is 0. The number of hydrogen-bond acceptors (Lipinski definition) is 3. The molecule has 0 aromatic rings. The van der Waals surface area contributed by atoms with Crippen molar-refractivity contribution in [2.24, 2.45) is 11.5 Å². The molecular weight excluding hydrogens is 204 g/mol. The molecule has 0 rings (SSSR count). The quantitative estimate of drug-likeness (QED) is 0.451. The predicted octanol–water partition coefficient (Wildman–Crippen LogP) is 1.27. The van der Waals surface area contributed by atoms with E-state index in [0.717, 1.165) is 0 Å². The van der Waals surface area contributed by atoms with Crippen LogP contribution in [-0.2, 0) is 0 Å². The molecular formula is C4H8N2S4. The Balaban J connectivity index is 0. The van der Waals surface area contributed by atoms with Crippen molar-refractivity contribution < 1.29 is 0 Å². The zero-order valence-electron chi connectivity index (χ0n) is 5.11. The van der Waals surface area contributed by atoms with Crippen LogP contribution in [0, 0.1) is 0 Å². The standard InChI is InChI=1S/C3H5NS2.CH3NS2/c1-2-6-3(4)5;2-1(3)4/h2H,1H2,(H2,4,5);(H3,2,3,4). The molecule has 0 aliphatic heterocycles. The van der Waals surface area contributed by atoms with E-state index in [1.165, 1.54) is 11.8 Å². The van der Waals surface area contributed by atoms with E-state index in [9.17, 15) is 0 Å². The van der Waals surface area contributed by atoms with Gasteiger partial charge in [0.2, 0.25) is 0 Å². The van der Waals surface area contributed by atoms with Crippen molar-refractivity contribution in [2.75, 3.05) is 0 Å². The lowest BCUT2D eigenvalue weighted by molar-refractivity contribution is 1.91. The lowest BCUT2D eigenvalue weighted by atomic mass is 11.3. The summed E-state index contributed by atoms with van der Waals surface area (Å²) in [5, 5.41) is 1.60. The molecule has 6 heteroatoms. The first-order valence-electron chi connectivity index (χ1n) is 2.06. The van der Waals surface area contributed by atoms with Crippen LogP contribution in [-0.4, -0.2) is 8.64 Å². The van der Waals surface area contributed by atoms with Crippen molar-refractivity contribution in [3.05, 3.63) is 12.0 Å². The topological polar surface area (TPSA) is 52.0 Å². The van der Waals surface area contributed by atoms with Crippen molar-refractivity contribution in [1.82, 2.24) is 0 Å². The lowest BCUT2D eigenvalue weighted by Crippen LogP contribution is -1.98. The van der Waals surface area contributed by atoms with Crippen molar-refractivity contribution in [1.29, 1.82) is 0 Å². The average Bonchev–Trinajstić information content (AvgIpc) is 1.62. The fourth-order valence-electron chi connectivity index (χ4n) is 0.0821. The molecule has 0 aliphatic carbocycles. The van der Waals surface area contributed by atoms with E-state index in [4.69, 9.17) is 11.5 Å². The van der Waals surface area contributed by atoms with E-state index in [-0.39, 0.29) is 4.32 Å². The highest BCUT2D eigenvalue weighted by Crippen LogP contribution is 1.96. The largest absolute Gasteiger partial charge is 0.385 e. The Morgan fingerprint density at radius 2 is 1.80 bits per heavy atom. The summed E-state index contributed by atoms with van der Waals surface area (Å²) in [7, 11) is 0. The summed E-state index contributed by atoms with van der Waals surface area (Å²) >= 11 is 13.4. The van der Waals surface area contributed by atoms with Crippen molar-refractivity contribution >= 4 is 57.5 Å². The SMILES string of the molecule is C=CSC(N)=S.NC(=S)S. The van der Waals surface area contributed by atoms with Crippen LogP contribution in [0.15, 0.2) is 12.0 Å². The summed E-state index contributed by atoms with van der Waals surface area (Å²) in [6.45, 7) is 3.40. The van der Waals surface area contributed by atoms with Crippen molar-refractivity contribution in [3.8, 4) is 0 Å². The van der Waals surface area contributed by atoms with Crippen LogP contribution in [0.1, 0.15) is 0 Å². The van der Waals surface area contributed by atoms with Gasteiger partial charge in [-0.15, -0.1) is 12.6 Å². The Morgan fingerprint density at radius 1 is 1.50 bits per heavy atom. The smallest absolute Gasteiger partial charge is 0.135 e. The fraction of sp³-hybridized carbons (Fsp3) is 0. The molecule has 4 N–H and O–H groups in total. The highest BCUT2D eigenvalue weighted by Gasteiger charge is 1.75. The maximum absolute atomic E-state index is 5.03. The van der Waals surface area contributed by atoms with Crippen LogP contribution in [0.5, 0.6) is 0 Å². The molecule has 10 heavy (non-hydrogen) atoms. The molecule has 58 valence electrons. The second-order valence-corrected chi connectivity index (χ2v) is 3.87. The first-order chi connectivity index (χ1) is 4.50. The molecule has 0 aromatic carbocycles. The van der Waals surface area contributed by atoms with Gasteiger partial charge in [-0.1, -0.05) is 42.8 Å². The van der Waals surface area contributed by atoms with E-state index in [2.05, 4.69) is 43.6 Å². The van der Waals surface area contributed by atoms with Crippen LogP contribution in [0.2, 0.25) is 0 Å². The zero-order chi connectivity index (χ0) is 8.57. The number of rotatable bonds is 1. The van der Waals surface area contributed by atoms with Crippen molar-refractivity contribution in [3.63, 3.8) is 0 Å². The third kappa shape index (κ3) is 41.3. The van der Waals surface area contributed by atoms with Gasteiger partial charge in [-0.3, -0.25) is 0 Å². The van der Waals surface area contributed by atoms with Gasteiger partial charge < -0.3 is 11.5 Å². The summed E-state index contributed by atoms with van der Waals surface area (Å²) in [4.78, 5) is 0. The highest BCUT2D eigenvalue weighted by molar-refractivity contribution is 8.24. The van der Waals surface area contributed by atoms with E-state index in [1.54, 1.807) is 5.41 Å². The Kier molecular flexibility index (Phi) is 11.9. The van der Waals surface area contributed by atoms with Gasteiger partial charge in [-0.25, -0.2) is 0 Å². The number of thiol groups is 1. The van der Waals surface area contributed by atoms with Gasteiger partial charge in [0.15, 0.2) is 0 Å². The molecule has 0 unspecified atom stereocenters. The van der Waals surface area contributed by atoms with Crippen LogP contribution >= 0.6 is 48.8 Å². The number of nitrogens with two attached hydrogens (primary N) is 2. The second kappa shape index (κ2) is 9.22. The first kappa shape index (κ1) is 12.9. The monoisotopic (exact) mass is 212 g/mol. The Labute approximate surface area is 80.8 Å². The summed E-state index contributed by atoms with van der Waals surface area (Å²) < 4.78 is 0.616. The van der Waals surface area contributed by atoms with Gasteiger partial charge in [0.25, 0.3) is 0 Å². The molecule has 0 atom stereocenters. The van der Waals surface area contributed by atoms with Crippen LogP contribution in [0.25, 0.3) is 0 Å². The normalized spacial score (nSPS) is 6.90. The molecule has 0 spiro atoms. The maximum atomic E-state index is 5.03. The minimum atomic E-state index is 0.194. The van der Waals surface area contributed by atoms with E-state index < -0.39 is 0 Å². The van der Waals surface area contributed by atoms with E-state index in [1.807, 2.05) is 0 Å². The third-order valence-electron chi connectivity index (χ3n) is 0.199. The summed E-state index contributed by atoms with van der Waals surface area (Å²) in [6.07, 6.45) is 0. The highest BCUT2D eigenvalue weighted by atomic mass is 32.2. The molecule has 0 saturated heterocycles. The van der Waals surface area contributed by atoms with E-state index in [0.29, 0.717) is 4.32 Å². The first-order valence-corrected chi connectivity index (χ1v) is 4.20. The van der Waals surface area contributed by atoms with Gasteiger partial charge >= 0.3 is 0 Å². The Bertz CT molecular complexity index is 129. The Morgan fingerprint density at radius 3 is 1.80 bits per heavy atom. The molecule has 0 heterocycles.